The molecule has 2 aromatic rings. The number of nitrogens with one attached hydrogen (secondary N) is 2. The Balaban J connectivity index is 1.67. The van der Waals surface area contributed by atoms with Gasteiger partial charge in [-0.2, -0.15) is 0 Å². The average Bonchev–Trinajstić information content (AvgIpc) is 3.17. The molecule has 1 unspecified atom stereocenters. The van der Waals surface area contributed by atoms with Gasteiger partial charge in [-0.3, -0.25) is 10.2 Å². The molecule has 0 radical (unpaired) electrons. The molecule has 1 amide bonds. The maximum atomic E-state index is 12.1. The quantitative estimate of drug-likeness (QED) is 0.767. The summed E-state index contributed by atoms with van der Waals surface area (Å²) in [6.45, 7) is 2.85. The number of benzene rings is 1. The fraction of sp³-hybridized carbons (Fsp3) is 0.312. The summed E-state index contributed by atoms with van der Waals surface area (Å²) in [5.41, 5.74) is 1.47. The van der Waals surface area contributed by atoms with E-state index in [1.807, 2.05) is 4.90 Å². The molecule has 24 heavy (non-hydrogen) atoms. The number of aliphatic hydroxyl groups is 1. The van der Waals surface area contributed by atoms with E-state index in [0.29, 0.717) is 28.7 Å². The number of carbonyl (C=O) groups excluding carboxylic acids is 1. The molecule has 1 saturated heterocycles. The fourth-order valence-electron chi connectivity index (χ4n) is 2.43. The number of thioether (sulfide) groups is 1. The van der Waals surface area contributed by atoms with Crippen molar-refractivity contribution in [3.63, 3.8) is 0 Å². The monoisotopic (exact) mass is 346 g/mol. The summed E-state index contributed by atoms with van der Waals surface area (Å²) < 4.78 is 4.89. The lowest BCUT2D eigenvalue weighted by Crippen LogP contribution is -2.29. The van der Waals surface area contributed by atoms with Gasteiger partial charge in [0.1, 0.15) is 5.76 Å². The summed E-state index contributed by atoms with van der Waals surface area (Å²) in [6, 6.07) is 8.60. The van der Waals surface area contributed by atoms with Gasteiger partial charge >= 0.3 is 0 Å². The highest BCUT2D eigenvalue weighted by molar-refractivity contribution is 8.14. The molecule has 1 atom stereocenters. The second-order valence-corrected chi connectivity index (χ2v) is 6.60. The third-order valence-corrected chi connectivity index (χ3v) is 4.59. The second kappa shape index (κ2) is 7.06. The van der Waals surface area contributed by atoms with Crippen molar-refractivity contribution >= 4 is 28.5 Å². The molecular formula is C16H18N4O3S. The number of nitrogens with zero attached hydrogens (tertiary/aromatic N) is 2. The van der Waals surface area contributed by atoms with Crippen LogP contribution in [0.4, 0.5) is 5.69 Å². The summed E-state index contributed by atoms with van der Waals surface area (Å²) in [6.07, 6.45) is -0.727. The number of hydrogen-bond acceptors (Lipinski definition) is 6. The summed E-state index contributed by atoms with van der Waals surface area (Å²) in [5, 5.41) is 25.1. The van der Waals surface area contributed by atoms with Gasteiger partial charge in [0.25, 0.3) is 5.91 Å². The molecule has 2 heterocycles. The molecule has 1 aliphatic heterocycles. The first-order valence-corrected chi connectivity index (χ1v) is 8.50. The van der Waals surface area contributed by atoms with Crippen LogP contribution in [0.1, 0.15) is 27.9 Å². The van der Waals surface area contributed by atoms with Gasteiger partial charge in [0.15, 0.2) is 10.9 Å². The predicted octanol–water partition coefficient (Wildman–Crippen LogP) is 2.25. The number of aryl methyl sites for hydroxylation is 1. The Hall–Kier alpha value is -2.32. The Kier molecular flexibility index (Phi) is 4.86. The third kappa shape index (κ3) is 3.77. The van der Waals surface area contributed by atoms with Crippen molar-refractivity contribution in [3.05, 3.63) is 47.3 Å². The lowest BCUT2D eigenvalue weighted by molar-refractivity contribution is 0.101. The maximum Gasteiger partial charge on any atom is 0.277 e. The van der Waals surface area contributed by atoms with Crippen LogP contribution in [0.3, 0.4) is 0 Å². The number of aromatic nitrogens is 1. The van der Waals surface area contributed by atoms with Gasteiger partial charge in [-0.1, -0.05) is 29.1 Å². The molecule has 1 aliphatic rings. The predicted molar refractivity (Wildman–Crippen MR) is 92.4 cm³/mol. The maximum absolute atomic E-state index is 12.1. The van der Waals surface area contributed by atoms with Crippen molar-refractivity contribution in [3.8, 4) is 0 Å². The Morgan fingerprint density at radius 3 is 3.04 bits per heavy atom. The normalized spacial score (nSPS) is 15.6. The summed E-state index contributed by atoms with van der Waals surface area (Å²) in [4.78, 5) is 13.9. The smallest absolute Gasteiger partial charge is 0.277 e. The summed E-state index contributed by atoms with van der Waals surface area (Å²) in [5.74, 6) is 1.07. The standard InChI is InChI=1S/C16H18N4O3S/c1-10-7-13(19-23-10)15(22)18-12-4-2-3-11(8-12)14(21)9-20-5-6-24-16(20)17/h2-4,7-8,14,17,21H,5-6,9H2,1H3,(H,18,22). The molecule has 7 nitrogen and oxygen atoms in total. The number of carbonyl (C=O) groups is 1. The molecule has 0 aliphatic carbocycles. The van der Waals surface area contributed by atoms with E-state index in [-0.39, 0.29) is 11.6 Å². The van der Waals surface area contributed by atoms with E-state index in [1.54, 1.807) is 37.3 Å². The third-order valence-electron chi connectivity index (χ3n) is 3.67. The largest absolute Gasteiger partial charge is 0.387 e. The first kappa shape index (κ1) is 16.5. The Morgan fingerprint density at radius 1 is 1.54 bits per heavy atom. The molecule has 1 fully saturated rings. The van der Waals surface area contributed by atoms with Gasteiger partial charge in [-0.05, 0) is 24.6 Å². The molecule has 1 aromatic heterocycles. The van der Waals surface area contributed by atoms with Crippen molar-refractivity contribution in [1.82, 2.24) is 10.1 Å². The molecule has 1 aromatic carbocycles. The zero-order chi connectivity index (χ0) is 17.1. The van der Waals surface area contributed by atoms with Crippen molar-refractivity contribution < 1.29 is 14.4 Å². The molecule has 0 bridgehead atoms. The number of aliphatic hydroxyl groups excluding tert-OH is 1. The number of rotatable bonds is 5. The fourth-order valence-corrected chi connectivity index (χ4v) is 3.28. The minimum Gasteiger partial charge on any atom is -0.387 e. The topological polar surface area (TPSA) is 102 Å². The van der Waals surface area contributed by atoms with Crippen LogP contribution in [0.2, 0.25) is 0 Å². The molecule has 8 heteroatoms. The van der Waals surface area contributed by atoms with Crippen LogP contribution in [0, 0.1) is 12.3 Å². The van der Waals surface area contributed by atoms with Crippen molar-refractivity contribution in [2.75, 3.05) is 24.2 Å². The average molecular weight is 346 g/mol. The van der Waals surface area contributed by atoms with Gasteiger partial charge in [0.05, 0.1) is 6.10 Å². The zero-order valence-electron chi connectivity index (χ0n) is 13.2. The summed E-state index contributed by atoms with van der Waals surface area (Å²) >= 11 is 1.48. The molecule has 3 N–H and O–H groups in total. The number of hydrogen-bond donors (Lipinski definition) is 3. The molecule has 126 valence electrons. The van der Waals surface area contributed by atoms with Gasteiger partial charge in [0.2, 0.25) is 0 Å². The Labute approximate surface area is 143 Å². The van der Waals surface area contributed by atoms with E-state index in [9.17, 15) is 9.90 Å². The van der Waals surface area contributed by atoms with E-state index in [2.05, 4.69) is 10.5 Å². The van der Waals surface area contributed by atoms with E-state index in [0.717, 1.165) is 12.3 Å². The van der Waals surface area contributed by atoms with Gasteiger partial charge in [-0.25, -0.2) is 0 Å². The number of anilines is 1. The van der Waals surface area contributed by atoms with Crippen molar-refractivity contribution in [2.45, 2.75) is 13.0 Å². The van der Waals surface area contributed by atoms with Crippen LogP contribution < -0.4 is 5.32 Å². The van der Waals surface area contributed by atoms with Crippen LogP contribution >= 0.6 is 11.8 Å². The van der Waals surface area contributed by atoms with Crippen molar-refractivity contribution in [2.24, 2.45) is 0 Å². The van der Waals surface area contributed by atoms with E-state index >= 15 is 0 Å². The van der Waals surface area contributed by atoms with Gasteiger partial charge in [-0.15, -0.1) is 0 Å². The highest BCUT2D eigenvalue weighted by atomic mass is 32.2. The first-order valence-electron chi connectivity index (χ1n) is 7.52. The van der Waals surface area contributed by atoms with E-state index < -0.39 is 6.10 Å². The Morgan fingerprint density at radius 2 is 2.38 bits per heavy atom. The SMILES string of the molecule is Cc1cc(C(=O)Nc2cccc(C(O)CN3CCSC3=N)c2)no1. The van der Waals surface area contributed by atoms with E-state index in [4.69, 9.17) is 9.93 Å². The van der Waals surface area contributed by atoms with Crippen LogP contribution in [0.15, 0.2) is 34.9 Å². The number of amides is 1. The number of amidine groups is 1. The van der Waals surface area contributed by atoms with Crippen molar-refractivity contribution in [1.29, 1.82) is 5.41 Å². The Bertz CT molecular complexity index is 761. The lowest BCUT2D eigenvalue weighted by Gasteiger charge is -2.21. The second-order valence-electron chi connectivity index (χ2n) is 5.52. The minimum atomic E-state index is -0.727. The zero-order valence-corrected chi connectivity index (χ0v) is 14.0. The first-order chi connectivity index (χ1) is 11.5. The minimum absolute atomic E-state index is 0.209. The number of β-amino-alcohol motifs (C(OH)–C–C–N with tert-alkyl or cyclic N) is 1. The lowest BCUT2D eigenvalue weighted by atomic mass is 10.1. The molecule has 0 saturated carbocycles. The van der Waals surface area contributed by atoms with Crippen LogP contribution in [-0.2, 0) is 0 Å². The van der Waals surface area contributed by atoms with Crippen LogP contribution in [0.25, 0.3) is 0 Å². The molecule has 0 spiro atoms. The van der Waals surface area contributed by atoms with Crippen LogP contribution in [-0.4, -0.2) is 45.1 Å². The highest BCUT2D eigenvalue weighted by Gasteiger charge is 2.21. The summed E-state index contributed by atoms with van der Waals surface area (Å²) in [7, 11) is 0. The van der Waals surface area contributed by atoms with Gasteiger partial charge < -0.3 is 19.8 Å². The van der Waals surface area contributed by atoms with E-state index in [1.165, 1.54) is 11.8 Å². The van der Waals surface area contributed by atoms with Gasteiger partial charge in [0, 0.05) is 30.6 Å². The molecule has 3 rings (SSSR count). The molecular weight excluding hydrogens is 328 g/mol. The highest BCUT2D eigenvalue weighted by Crippen LogP contribution is 2.23. The van der Waals surface area contributed by atoms with Crippen LogP contribution in [0.5, 0.6) is 0 Å².